The second-order valence-corrected chi connectivity index (χ2v) is 10.9. The number of nitrogens with zero attached hydrogens (tertiary/aromatic N) is 1. The van der Waals surface area contributed by atoms with Gasteiger partial charge in [-0.25, -0.2) is 13.6 Å². The van der Waals surface area contributed by atoms with E-state index in [9.17, 15) is 13.2 Å². The van der Waals surface area contributed by atoms with Gasteiger partial charge in [0.2, 0.25) is 15.9 Å². The summed E-state index contributed by atoms with van der Waals surface area (Å²) in [5.41, 5.74) is 1.90. The normalized spacial score (nSPS) is 20.0. The molecule has 0 saturated carbocycles. The highest BCUT2D eigenvalue weighted by molar-refractivity contribution is 7.89. The highest BCUT2D eigenvalue weighted by Gasteiger charge is 2.31. The van der Waals surface area contributed by atoms with Gasteiger partial charge in [0, 0.05) is 30.6 Å². The molecule has 0 spiro atoms. The summed E-state index contributed by atoms with van der Waals surface area (Å²) in [7, 11) is -3.76. The molecule has 0 radical (unpaired) electrons. The van der Waals surface area contributed by atoms with Crippen molar-refractivity contribution in [1.82, 2.24) is 15.2 Å². The highest BCUT2D eigenvalue weighted by Crippen LogP contribution is 2.39. The number of sulfonamides is 1. The van der Waals surface area contributed by atoms with Crippen LogP contribution >= 0.6 is 0 Å². The number of amides is 1. The van der Waals surface area contributed by atoms with Crippen LogP contribution in [0.2, 0.25) is 0 Å². The molecule has 1 saturated heterocycles. The van der Waals surface area contributed by atoms with Crippen molar-refractivity contribution >= 4 is 26.8 Å². The van der Waals surface area contributed by atoms with Gasteiger partial charge >= 0.3 is 0 Å². The quantitative estimate of drug-likeness (QED) is 0.479. The molecule has 1 amide bonds. The third-order valence-electron chi connectivity index (χ3n) is 6.85. The van der Waals surface area contributed by atoms with Crippen molar-refractivity contribution in [3.05, 3.63) is 54.2 Å². The molecule has 2 atom stereocenters. The summed E-state index contributed by atoms with van der Waals surface area (Å²) < 4.78 is 35.5. The number of nitrogens with two attached hydrogens (primary N) is 1. The number of ether oxygens (including phenoxy) is 2. The Kier molecular flexibility index (Phi) is 6.43. The number of carbonyl (C=O) groups excluding carboxylic acids is 1. The van der Waals surface area contributed by atoms with E-state index in [1.807, 2.05) is 24.4 Å². The third kappa shape index (κ3) is 5.14. The second-order valence-electron chi connectivity index (χ2n) is 9.31. The fraction of sp³-hybridized carbons (Fsp3) is 0.400. The van der Waals surface area contributed by atoms with Gasteiger partial charge in [-0.1, -0.05) is 12.1 Å². The smallest absolute Gasteiger partial charge is 0.238 e. The van der Waals surface area contributed by atoms with Gasteiger partial charge in [-0.05, 0) is 67.7 Å². The molecule has 3 aromatic rings. The summed E-state index contributed by atoms with van der Waals surface area (Å²) >= 11 is 0. The van der Waals surface area contributed by atoms with Crippen LogP contribution in [0.1, 0.15) is 31.4 Å². The van der Waals surface area contributed by atoms with E-state index in [0.29, 0.717) is 6.61 Å². The van der Waals surface area contributed by atoms with E-state index in [1.165, 1.54) is 19.1 Å². The van der Waals surface area contributed by atoms with E-state index in [-0.39, 0.29) is 28.9 Å². The number of piperidine rings is 1. The molecule has 4 N–H and O–H groups in total. The number of rotatable bonds is 6. The van der Waals surface area contributed by atoms with Gasteiger partial charge in [0.25, 0.3) is 0 Å². The van der Waals surface area contributed by atoms with Crippen LogP contribution in [0.15, 0.2) is 53.6 Å². The second kappa shape index (κ2) is 9.52. The molecule has 2 aliphatic heterocycles. The molecule has 5 rings (SSSR count). The van der Waals surface area contributed by atoms with Crippen molar-refractivity contribution in [3.8, 4) is 11.5 Å². The van der Waals surface area contributed by atoms with Crippen molar-refractivity contribution in [2.24, 2.45) is 11.1 Å². The standard InChI is InChI=1S/C25H30N4O5S/c1-16(30)28-24(17-2-4-20(5-3-17)35(26,31)32)18-9-12-29(13-10-18)14-19-15-33-23-7-6-22-21(8-11-27-22)25(23)34-19/h2-8,11,18-19,24,27H,9-10,12-15H2,1H3,(H,28,30)(H2,26,31,32). The number of likely N-dealkylation sites (tertiary alicyclic amines) is 1. The predicted molar refractivity (Wildman–Crippen MR) is 132 cm³/mol. The molecule has 9 nitrogen and oxygen atoms in total. The minimum Gasteiger partial charge on any atom is -0.486 e. The number of aromatic amines is 1. The number of primary sulfonamides is 1. The summed E-state index contributed by atoms with van der Waals surface area (Å²) in [4.78, 5) is 17.6. The number of carbonyl (C=O) groups is 1. The number of fused-ring (bicyclic) bond motifs is 3. The Hall–Kier alpha value is -3.08. The zero-order chi connectivity index (χ0) is 24.6. The van der Waals surface area contributed by atoms with Gasteiger partial charge in [0.15, 0.2) is 11.5 Å². The number of benzene rings is 2. The molecule has 0 aliphatic carbocycles. The molecule has 1 aromatic heterocycles. The summed E-state index contributed by atoms with van der Waals surface area (Å²) in [5, 5.41) is 9.31. The number of hydrogen-bond acceptors (Lipinski definition) is 6. The maximum absolute atomic E-state index is 11.9. The van der Waals surface area contributed by atoms with Gasteiger partial charge in [0.1, 0.15) is 12.7 Å². The molecule has 2 aromatic carbocycles. The first kappa shape index (κ1) is 23.7. The van der Waals surface area contributed by atoms with E-state index >= 15 is 0 Å². The van der Waals surface area contributed by atoms with E-state index in [4.69, 9.17) is 14.6 Å². The number of nitrogens with one attached hydrogen (secondary N) is 2. The zero-order valence-electron chi connectivity index (χ0n) is 19.6. The molecule has 2 aliphatic rings. The van der Waals surface area contributed by atoms with Crippen LogP contribution in [-0.4, -0.2) is 56.6 Å². The SMILES string of the molecule is CC(=O)NC(c1ccc(S(N)(=O)=O)cc1)C1CCN(CC2COc3ccc4[nH]ccc4c3O2)CC1. The summed E-state index contributed by atoms with van der Waals surface area (Å²) in [6.07, 6.45) is 3.63. The largest absolute Gasteiger partial charge is 0.486 e. The lowest BCUT2D eigenvalue weighted by Crippen LogP contribution is -2.46. The van der Waals surface area contributed by atoms with Gasteiger partial charge in [-0.3, -0.25) is 9.69 Å². The Labute approximate surface area is 204 Å². The minimum atomic E-state index is -3.76. The van der Waals surface area contributed by atoms with Crippen LogP contribution in [0.5, 0.6) is 11.5 Å². The average molecular weight is 499 g/mol. The topological polar surface area (TPSA) is 127 Å². The van der Waals surface area contributed by atoms with Crippen LogP contribution < -0.4 is 19.9 Å². The van der Waals surface area contributed by atoms with Crippen molar-refractivity contribution in [1.29, 1.82) is 0 Å². The van der Waals surface area contributed by atoms with Crippen LogP contribution in [-0.2, 0) is 14.8 Å². The van der Waals surface area contributed by atoms with E-state index in [1.54, 1.807) is 12.1 Å². The lowest BCUT2D eigenvalue weighted by atomic mass is 9.85. The van der Waals surface area contributed by atoms with E-state index in [0.717, 1.165) is 60.4 Å². The van der Waals surface area contributed by atoms with Crippen molar-refractivity contribution in [2.75, 3.05) is 26.2 Å². The lowest BCUT2D eigenvalue weighted by molar-refractivity contribution is -0.120. The molecule has 10 heteroatoms. The minimum absolute atomic E-state index is 0.0588. The predicted octanol–water partition coefficient (Wildman–Crippen LogP) is 2.54. The van der Waals surface area contributed by atoms with Crippen molar-refractivity contribution < 1.29 is 22.7 Å². The maximum atomic E-state index is 11.9. The summed E-state index contributed by atoms with van der Waals surface area (Å²) in [5.74, 6) is 1.69. The van der Waals surface area contributed by atoms with Gasteiger partial charge in [-0.2, -0.15) is 0 Å². The number of aromatic nitrogens is 1. The van der Waals surface area contributed by atoms with Crippen molar-refractivity contribution in [3.63, 3.8) is 0 Å². The fourth-order valence-corrected chi connectivity index (χ4v) is 5.62. The molecule has 1 fully saturated rings. The molecule has 3 heterocycles. The van der Waals surface area contributed by atoms with Gasteiger partial charge in [-0.15, -0.1) is 0 Å². The van der Waals surface area contributed by atoms with Gasteiger partial charge < -0.3 is 19.8 Å². The van der Waals surface area contributed by atoms with Gasteiger partial charge in [0.05, 0.1) is 10.9 Å². The molecule has 35 heavy (non-hydrogen) atoms. The molecule has 2 unspecified atom stereocenters. The Morgan fingerprint density at radius 1 is 1.17 bits per heavy atom. The molecular weight excluding hydrogens is 468 g/mol. The van der Waals surface area contributed by atoms with Crippen LogP contribution in [0, 0.1) is 5.92 Å². The van der Waals surface area contributed by atoms with Crippen molar-refractivity contribution in [2.45, 2.75) is 36.8 Å². The lowest BCUT2D eigenvalue weighted by Gasteiger charge is -2.38. The zero-order valence-corrected chi connectivity index (χ0v) is 20.4. The average Bonchev–Trinajstić information content (AvgIpc) is 3.32. The van der Waals surface area contributed by atoms with E-state index < -0.39 is 10.0 Å². The summed E-state index contributed by atoms with van der Waals surface area (Å²) in [6, 6.07) is 12.2. The first-order valence-electron chi connectivity index (χ1n) is 11.8. The maximum Gasteiger partial charge on any atom is 0.238 e. The van der Waals surface area contributed by atoms with E-state index in [2.05, 4.69) is 15.2 Å². The first-order valence-corrected chi connectivity index (χ1v) is 13.3. The Balaban J connectivity index is 1.22. The van der Waals surface area contributed by atoms with Crippen LogP contribution in [0.3, 0.4) is 0 Å². The third-order valence-corrected chi connectivity index (χ3v) is 7.78. The molecule has 0 bridgehead atoms. The Morgan fingerprint density at radius 2 is 1.91 bits per heavy atom. The van der Waals surface area contributed by atoms with Crippen LogP contribution in [0.25, 0.3) is 10.9 Å². The molecule has 186 valence electrons. The Bertz CT molecular complexity index is 1310. The van der Waals surface area contributed by atoms with Crippen LogP contribution in [0.4, 0.5) is 0 Å². The number of H-pyrrole nitrogens is 1. The first-order chi connectivity index (χ1) is 16.8. The molecular formula is C25H30N4O5S. The highest BCUT2D eigenvalue weighted by atomic mass is 32.2. The summed E-state index contributed by atoms with van der Waals surface area (Å²) in [6.45, 7) is 4.52. The Morgan fingerprint density at radius 3 is 2.60 bits per heavy atom. The number of hydrogen-bond donors (Lipinski definition) is 3. The fourth-order valence-electron chi connectivity index (χ4n) is 5.11. The monoisotopic (exact) mass is 498 g/mol.